The number of rotatable bonds is 1. The lowest BCUT2D eigenvalue weighted by molar-refractivity contribution is 0.659. The maximum Gasteiger partial charge on any atom is 0.0787 e. The molecule has 2 heterocycles. The highest BCUT2D eigenvalue weighted by molar-refractivity contribution is 6.28. The third-order valence-corrected chi connectivity index (χ3v) is 9.05. The molecule has 7 aromatic rings. The van der Waals surface area contributed by atoms with Crippen LogP contribution >= 0.6 is 0 Å². The van der Waals surface area contributed by atoms with Gasteiger partial charge >= 0.3 is 0 Å². The van der Waals surface area contributed by atoms with Crippen molar-refractivity contribution in [2.75, 3.05) is 0 Å². The number of nitrogens with zero attached hydrogens (tertiary/aromatic N) is 2. The molecular formula is C37H24N2. The zero-order valence-corrected chi connectivity index (χ0v) is 21.8. The van der Waals surface area contributed by atoms with Crippen molar-refractivity contribution in [3.8, 4) is 44.9 Å². The van der Waals surface area contributed by atoms with E-state index in [-0.39, 0.29) is 5.41 Å². The molecule has 0 bridgehead atoms. The van der Waals surface area contributed by atoms with Crippen molar-refractivity contribution in [1.82, 2.24) is 9.97 Å². The molecule has 0 N–H and O–H groups in total. The molecule has 0 radical (unpaired) electrons. The summed E-state index contributed by atoms with van der Waals surface area (Å²) in [5.41, 5.74) is 12.0. The Morgan fingerprint density at radius 2 is 1.21 bits per heavy atom. The van der Waals surface area contributed by atoms with E-state index in [1.807, 2.05) is 12.3 Å². The Morgan fingerprint density at radius 1 is 0.487 bits per heavy atom. The van der Waals surface area contributed by atoms with E-state index in [2.05, 4.69) is 111 Å². The van der Waals surface area contributed by atoms with E-state index < -0.39 is 0 Å². The Labute approximate surface area is 226 Å². The first-order valence-electron chi connectivity index (χ1n) is 13.6. The summed E-state index contributed by atoms with van der Waals surface area (Å²) in [4.78, 5) is 10.2. The molecule has 5 aromatic carbocycles. The summed E-state index contributed by atoms with van der Waals surface area (Å²) in [5.74, 6) is 0. The molecule has 2 nitrogen and oxygen atoms in total. The van der Waals surface area contributed by atoms with Crippen LogP contribution in [0.3, 0.4) is 0 Å². The Kier molecular flexibility index (Phi) is 3.89. The summed E-state index contributed by atoms with van der Waals surface area (Å²) >= 11 is 0. The van der Waals surface area contributed by atoms with E-state index in [1.165, 1.54) is 71.3 Å². The van der Waals surface area contributed by atoms with E-state index in [0.29, 0.717) is 0 Å². The smallest absolute Gasteiger partial charge is 0.0787 e. The fourth-order valence-electron chi connectivity index (χ4n) is 7.22. The van der Waals surface area contributed by atoms with Gasteiger partial charge < -0.3 is 0 Å². The molecule has 0 saturated heterocycles. The number of pyridine rings is 2. The second-order valence-electron chi connectivity index (χ2n) is 11.4. The van der Waals surface area contributed by atoms with Gasteiger partial charge in [-0.05, 0) is 73.3 Å². The zero-order chi connectivity index (χ0) is 25.9. The highest BCUT2D eigenvalue weighted by atomic mass is 14.7. The topological polar surface area (TPSA) is 25.8 Å². The molecule has 9 rings (SSSR count). The lowest BCUT2D eigenvalue weighted by Crippen LogP contribution is -2.14. The van der Waals surface area contributed by atoms with E-state index in [0.717, 1.165) is 17.1 Å². The Morgan fingerprint density at radius 3 is 2.13 bits per heavy atom. The van der Waals surface area contributed by atoms with Gasteiger partial charge in [0.25, 0.3) is 0 Å². The van der Waals surface area contributed by atoms with Gasteiger partial charge in [0.05, 0.1) is 17.1 Å². The first kappa shape index (κ1) is 21.2. The average molecular weight is 497 g/mol. The molecule has 182 valence electrons. The maximum atomic E-state index is 5.37. The number of hydrogen-bond acceptors (Lipinski definition) is 2. The second-order valence-corrected chi connectivity index (χ2v) is 11.4. The minimum absolute atomic E-state index is 0.0514. The van der Waals surface area contributed by atoms with E-state index in [4.69, 9.17) is 9.97 Å². The fourth-order valence-corrected chi connectivity index (χ4v) is 7.22. The largest absolute Gasteiger partial charge is 0.256 e. The van der Waals surface area contributed by atoms with E-state index in [9.17, 15) is 0 Å². The van der Waals surface area contributed by atoms with Crippen molar-refractivity contribution < 1.29 is 0 Å². The molecule has 0 aliphatic heterocycles. The molecule has 2 aliphatic carbocycles. The summed E-state index contributed by atoms with van der Waals surface area (Å²) in [6, 6.07) is 37.7. The van der Waals surface area contributed by atoms with Crippen LogP contribution in [0.15, 0.2) is 109 Å². The lowest BCUT2D eigenvalue weighted by atomic mass is 9.82. The van der Waals surface area contributed by atoms with Crippen LogP contribution in [0.2, 0.25) is 0 Å². The highest BCUT2D eigenvalue weighted by Crippen LogP contribution is 2.51. The van der Waals surface area contributed by atoms with Crippen LogP contribution in [0, 0.1) is 0 Å². The van der Waals surface area contributed by atoms with Crippen LogP contribution in [0.25, 0.3) is 77.2 Å². The quantitative estimate of drug-likeness (QED) is 0.211. The van der Waals surface area contributed by atoms with Crippen LogP contribution in [-0.4, -0.2) is 9.97 Å². The standard InChI is InChI=1S/C37H24N2/c1-37(2)31-15-6-5-11-26(31)36-32(37)16-17-33(39-36)29-19-28-24-13-7-12-23-25-14-8-18-38-35(25)30(34(23)24)20-27(28)21-9-3-4-10-22(21)29/h3-20H,1-2H3. The Balaban J connectivity index is 1.39. The molecule has 0 fully saturated rings. The molecule has 39 heavy (non-hydrogen) atoms. The van der Waals surface area contributed by atoms with Crippen molar-refractivity contribution in [2.24, 2.45) is 0 Å². The first-order valence-corrected chi connectivity index (χ1v) is 13.6. The monoisotopic (exact) mass is 496 g/mol. The predicted octanol–water partition coefficient (Wildman–Crippen LogP) is 9.56. The summed E-state index contributed by atoms with van der Waals surface area (Å²) in [5, 5.41) is 7.58. The number of aromatic nitrogens is 2. The van der Waals surface area contributed by atoms with Gasteiger partial charge in [-0.1, -0.05) is 92.7 Å². The molecule has 0 unspecified atom stereocenters. The summed E-state index contributed by atoms with van der Waals surface area (Å²) in [6.45, 7) is 4.61. The number of benzene rings is 5. The molecule has 0 atom stereocenters. The molecule has 0 amide bonds. The van der Waals surface area contributed by atoms with Crippen molar-refractivity contribution >= 4 is 32.3 Å². The van der Waals surface area contributed by atoms with Gasteiger partial charge in [0.1, 0.15) is 0 Å². The number of fused-ring (bicyclic) bond motifs is 10. The van der Waals surface area contributed by atoms with Gasteiger partial charge in [0.15, 0.2) is 0 Å². The zero-order valence-electron chi connectivity index (χ0n) is 21.8. The first-order chi connectivity index (χ1) is 19.1. The fraction of sp³-hybridized carbons (Fsp3) is 0.0811. The van der Waals surface area contributed by atoms with Crippen LogP contribution < -0.4 is 0 Å². The van der Waals surface area contributed by atoms with Crippen molar-refractivity contribution in [3.63, 3.8) is 0 Å². The summed E-state index contributed by atoms with van der Waals surface area (Å²) < 4.78 is 0. The van der Waals surface area contributed by atoms with Crippen LogP contribution in [-0.2, 0) is 5.41 Å². The lowest BCUT2D eigenvalue weighted by Gasteiger charge is -2.21. The molecule has 2 aliphatic rings. The Bertz CT molecular complexity index is 2200. The maximum absolute atomic E-state index is 5.37. The summed E-state index contributed by atoms with van der Waals surface area (Å²) in [6.07, 6.45) is 1.90. The number of hydrogen-bond donors (Lipinski definition) is 0. The molecule has 0 saturated carbocycles. The van der Waals surface area contributed by atoms with Crippen molar-refractivity contribution in [2.45, 2.75) is 19.3 Å². The molecule has 0 spiro atoms. The van der Waals surface area contributed by atoms with Gasteiger partial charge in [-0.25, -0.2) is 4.98 Å². The van der Waals surface area contributed by atoms with Gasteiger partial charge in [0, 0.05) is 33.9 Å². The Hall–Kier alpha value is -4.82. The predicted molar refractivity (Wildman–Crippen MR) is 162 cm³/mol. The van der Waals surface area contributed by atoms with Crippen molar-refractivity contribution in [3.05, 3.63) is 120 Å². The van der Waals surface area contributed by atoms with Gasteiger partial charge in [0.2, 0.25) is 0 Å². The molecular weight excluding hydrogens is 472 g/mol. The van der Waals surface area contributed by atoms with E-state index in [1.54, 1.807) is 0 Å². The van der Waals surface area contributed by atoms with Gasteiger partial charge in [-0.15, -0.1) is 0 Å². The third kappa shape index (κ3) is 2.61. The van der Waals surface area contributed by atoms with Crippen LogP contribution in [0.5, 0.6) is 0 Å². The molecule has 2 heteroatoms. The highest BCUT2D eigenvalue weighted by Gasteiger charge is 2.36. The SMILES string of the molecule is CC1(C)c2ccccc2-c2nc(-c3cc4c5cccc6c5c(cc4c4ccccc34)-c3ncccc3-6)ccc21. The van der Waals surface area contributed by atoms with Gasteiger partial charge in [-0.2, -0.15) is 0 Å². The normalized spacial score (nSPS) is 14.1. The van der Waals surface area contributed by atoms with Crippen molar-refractivity contribution in [1.29, 1.82) is 0 Å². The second kappa shape index (κ2) is 7.18. The third-order valence-electron chi connectivity index (χ3n) is 9.05. The molecule has 2 aromatic heterocycles. The van der Waals surface area contributed by atoms with Crippen LogP contribution in [0.1, 0.15) is 25.0 Å². The minimum Gasteiger partial charge on any atom is -0.256 e. The van der Waals surface area contributed by atoms with Gasteiger partial charge in [-0.3, -0.25) is 4.98 Å². The van der Waals surface area contributed by atoms with E-state index >= 15 is 0 Å². The summed E-state index contributed by atoms with van der Waals surface area (Å²) in [7, 11) is 0. The average Bonchev–Trinajstić information content (AvgIpc) is 3.42. The van der Waals surface area contributed by atoms with Crippen LogP contribution in [0.4, 0.5) is 0 Å². The minimum atomic E-state index is -0.0514.